The van der Waals surface area contributed by atoms with E-state index >= 15 is 0 Å². The van der Waals surface area contributed by atoms with Gasteiger partial charge in [0.05, 0.1) is 25.5 Å². The summed E-state index contributed by atoms with van der Waals surface area (Å²) in [6.07, 6.45) is 3.73. The summed E-state index contributed by atoms with van der Waals surface area (Å²) in [5.74, 6) is 0. The molecule has 0 bridgehead atoms. The molecule has 0 aliphatic carbocycles. The van der Waals surface area contributed by atoms with E-state index in [0.717, 1.165) is 25.2 Å². The summed E-state index contributed by atoms with van der Waals surface area (Å²) in [6.45, 7) is 5.92. The van der Waals surface area contributed by atoms with Gasteiger partial charge >= 0.3 is 0 Å². The highest BCUT2D eigenvalue weighted by Crippen LogP contribution is 2.20. The summed E-state index contributed by atoms with van der Waals surface area (Å²) >= 11 is 0. The van der Waals surface area contributed by atoms with E-state index < -0.39 is 0 Å². The van der Waals surface area contributed by atoms with E-state index in [9.17, 15) is 5.26 Å². The molecule has 5 nitrogen and oxygen atoms in total. The van der Waals surface area contributed by atoms with Crippen LogP contribution in [0.2, 0.25) is 0 Å². The number of morpholine rings is 1. The number of aryl methyl sites for hydroxylation is 1. The second-order valence-corrected chi connectivity index (χ2v) is 3.81. The van der Waals surface area contributed by atoms with Gasteiger partial charge in [-0.2, -0.15) is 10.4 Å². The van der Waals surface area contributed by atoms with Crippen molar-refractivity contribution in [2.24, 2.45) is 0 Å². The third-order valence-electron chi connectivity index (χ3n) is 2.83. The number of aromatic nitrogens is 2. The van der Waals surface area contributed by atoms with Crippen molar-refractivity contribution >= 4 is 0 Å². The van der Waals surface area contributed by atoms with Gasteiger partial charge in [-0.3, -0.25) is 9.58 Å². The molecule has 2 heterocycles. The summed E-state index contributed by atoms with van der Waals surface area (Å²) in [7, 11) is 0. The third kappa shape index (κ3) is 2.23. The highest BCUT2D eigenvalue weighted by atomic mass is 16.5. The normalized spacial score (nSPS) is 19.2. The van der Waals surface area contributed by atoms with Gasteiger partial charge in [0.25, 0.3) is 0 Å². The lowest BCUT2D eigenvalue weighted by atomic mass is 10.1. The van der Waals surface area contributed by atoms with Crippen molar-refractivity contribution in [3.63, 3.8) is 0 Å². The Labute approximate surface area is 95.2 Å². The van der Waals surface area contributed by atoms with E-state index in [0.29, 0.717) is 13.2 Å². The first-order chi connectivity index (χ1) is 7.85. The molecule has 1 saturated heterocycles. The van der Waals surface area contributed by atoms with E-state index in [-0.39, 0.29) is 6.04 Å². The van der Waals surface area contributed by atoms with Crippen molar-refractivity contribution in [3.8, 4) is 6.07 Å². The summed E-state index contributed by atoms with van der Waals surface area (Å²) in [5, 5.41) is 13.5. The van der Waals surface area contributed by atoms with Gasteiger partial charge in [-0.25, -0.2) is 0 Å². The second kappa shape index (κ2) is 5.10. The number of nitriles is 1. The molecule has 1 fully saturated rings. The predicted octanol–water partition coefficient (Wildman–Crippen LogP) is 0.800. The number of hydrogen-bond acceptors (Lipinski definition) is 4. The largest absolute Gasteiger partial charge is 0.379 e. The minimum absolute atomic E-state index is 0.191. The SMILES string of the molecule is CCn1cc(C(C#N)N2CCOCC2)cn1. The van der Waals surface area contributed by atoms with Crippen molar-refractivity contribution in [3.05, 3.63) is 18.0 Å². The van der Waals surface area contributed by atoms with Crippen LogP contribution in [0.5, 0.6) is 0 Å². The number of nitrogens with zero attached hydrogens (tertiary/aromatic N) is 4. The lowest BCUT2D eigenvalue weighted by Gasteiger charge is -2.29. The van der Waals surface area contributed by atoms with Crippen LogP contribution in [-0.2, 0) is 11.3 Å². The first kappa shape index (κ1) is 11.1. The Kier molecular flexibility index (Phi) is 3.54. The predicted molar refractivity (Wildman–Crippen MR) is 58.6 cm³/mol. The quantitative estimate of drug-likeness (QED) is 0.756. The van der Waals surface area contributed by atoms with Crippen LogP contribution in [0.15, 0.2) is 12.4 Å². The molecule has 1 aliphatic rings. The zero-order valence-corrected chi connectivity index (χ0v) is 9.46. The van der Waals surface area contributed by atoms with E-state index in [2.05, 4.69) is 16.1 Å². The molecule has 16 heavy (non-hydrogen) atoms. The number of hydrogen-bond donors (Lipinski definition) is 0. The van der Waals surface area contributed by atoms with Gasteiger partial charge < -0.3 is 4.74 Å². The molecule has 0 aromatic carbocycles. The van der Waals surface area contributed by atoms with Crippen LogP contribution in [-0.4, -0.2) is 41.0 Å². The Hall–Kier alpha value is -1.38. The van der Waals surface area contributed by atoms with Crippen molar-refractivity contribution < 1.29 is 4.74 Å². The van der Waals surface area contributed by atoms with Gasteiger partial charge in [-0.05, 0) is 6.92 Å². The fourth-order valence-corrected chi connectivity index (χ4v) is 1.90. The molecule has 1 aliphatic heterocycles. The minimum atomic E-state index is -0.191. The van der Waals surface area contributed by atoms with E-state index in [1.165, 1.54) is 0 Å². The molecule has 0 N–H and O–H groups in total. The lowest BCUT2D eigenvalue weighted by molar-refractivity contribution is 0.0266. The highest BCUT2D eigenvalue weighted by Gasteiger charge is 2.23. The first-order valence-electron chi connectivity index (χ1n) is 5.59. The van der Waals surface area contributed by atoms with Crippen LogP contribution in [0.3, 0.4) is 0 Å². The molecule has 2 rings (SSSR count). The summed E-state index contributed by atoms with van der Waals surface area (Å²) < 4.78 is 7.13. The molecule has 1 aromatic rings. The molecule has 0 amide bonds. The van der Waals surface area contributed by atoms with Crippen molar-refractivity contribution in [2.45, 2.75) is 19.5 Å². The van der Waals surface area contributed by atoms with Gasteiger partial charge in [0, 0.05) is 31.4 Å². The van der Waals surface area contributed by atoms with E-state index in [1.807, 2.05) is 17.8 Å². The fourth-order valence-electron chi connectivity index (χ4n) is 1.90. The standard InChI is InChI=1S/C11H16N4O/c1-2-15-9-10(8-13-15)11(7-12)14-3-5-16-6-4-14/h8-9,11H,2-6H2,1H3. The summed E-state index contributed by atoms with van der Waals surface area (Å²) in [5.41, 5.74) is 0.978. The average Bonchev–Trinajstić information content (AvgIpc) is 2.80. The van der Waals surface area contributed by atoms with Crippen LogP contribution < -0.4 is 0 Å². The zero-order chi connectivity index (χ0) is 11.4. The Bertz CT molecular complexity index is 376. The van der Waals surface area contributed by atoms with Crippen LogP contribution in [0, 0.1) is 11.3 Å². The molecule has 1 unspecified atom stereocenters. The highest BCUT2D eigenvalue weighted by molar-refractivity contribution is 5.18. The van der Waals surface area contributed by atoms with E-state index in [1.54, 1.807) is 6.20 Å². The summed E-state index contributed by atoms with van der Waals surface area (Å²) in [6, 6.07) is 2.15. The van der Waals surface area contributed by atoms with Crippen LogP contribution in [0.25, 0.3) is 0 Å². The van der Waals surface area contributed by atoms with Gasteiger partial charge in [-0.15, -0.1) is 0 Å². The molecule has 5 heteroatoms. The Balaban J connectivity index is 2.12. The van der Waals surface area contributed by atoms with Crippen LogP contribution >= 0.6 is 0 Å². The smallest absolute Gasteiger partial charge is 0.127 e. The van der Waals surface area contributed by atoms with Crippen molar-refractivity contribution in [1.82, 2.24) is 14.7 Å². The zero-order valence-electron chi connectivity index (χ0n) is 9.46. The maximum Gasteiger partial charge on any atom is 0.127 e. The first-order valence-corrected chi connectivity index (χ1v) is 5.59. The molecule has 0 spiro atoms. The van der Waals surface area contributed by atoms with Gasteiger partial charge in [0.2, 0.25) is 0 Å². The molecular formula is C11H16N4O. The maximum atomic E-state index is 9.24. The maximum absolute atomic E-state index is 9.24. The van der Waals surface area contributed by atoms with Crippen molar-refractivity contribution in [2.75, 3.05) is 26.3 Å². The van der Waals surface area contributed by atoms with Gasteiger partial charge in [0.1, 0.15) is 6.04 Å². The minimum Gasteiger partial charge on any atom is -0.379 e. The van der Waals surface area contributed by atoms with Crippen molar-refractivity contribution in [1.29, 1.82) is 5.26 Å². The van der Waals surface area contributed by atoms with Crippen LogP contribution in [0.1, 0.15) is 18.5 Å². The number of ether oxygens (including phenoxy) is 1. The summed E-state index contributed by atoms with van der Waals surface area (Å²) in [4.78, 5) is 2.14. The van der Waals surface area contributed by atoms with E-state index in [4.69, 9.17) is 4.74 Å². The lowest BCUT2D eigenvalue weighted by Crippen LogP contribution is -2.38. The molecule has 86 valence electrons. The molecule has 1 aromatic heterocycles. The van der Waals surface area contributed by atoms with Gasteiger partial charge in [-0.1, -0.05) is 0 Å². The molecule has 0 saturated carbocycles. The monoisotopic (exact) mass is 220 g/mol. The Morgan fingerprint density at radius 3 is 2.88 bits per heavy atom. The Morgan fingerprint density at radius 1 is 1.56 bits per heavy atom. The number of rotatable bonds is 3. The average molecular weight is 220 g/mol. The Morgan fingerprint density at radius 2 is 2.31 bits per heavy atom. The molecule has 0 radical (unpaired) electrons. The topological polar surface area (TPSA) is 54.1 Å². The fraction of sp³-hybridized carbons (Fsp3) is 0.636. The molecular weight excluding hydrogens is 204 g/mol. The second-order valence-electron chi connectivity index (χ2n) is 3.81. The van der Waals surface area contributed by atoms with Crippen LogP contribution in [0.4, 0.5) is 0 Å². The third-order valence-corrected chi connectivity index (χ3v) is 2.83. The van der Waals surface area contributed by atoms with Gasteiger partial charge in [0.15, 0.2) is 0 Å². The molecule has 1 atom stereocenters.